The molecule has 0 heterocycles. The number of Topliss-reactive ketones (excluding diaryl/α,β-unsaturated/α-hetero) is 1. The molecule has 1 aliphatic carbocycles. The molecular weight excluding hydrogens is 542 g/mol. The molecule has 0 aromatic heterocycles. The number of thioether (sulfide) groups is 1. The first kappa shape index (κ1) is 29.5. The quantitative estimate of drug-likeness (QED) is 0.158. The smallest absolute Gasteiger partial charge is 0.412 e. The zero-order valence-corrected chi connectivity index (χ0v) is 23.8. The zero-order chi connectivity index (χ0) is 27.7. The third-order valence-electron chi connectivity index (χ3n) is 5.72. The van der Waals surface area contributed by atoms with Crippen molar-refractivity contribution in [3.63, 3.8) is 0 Å². The number of hydrogen-bond donors (Lipinski definition) is 2. The molecule has 3 rings (SSSR count). The summed E-state index contributed by atoms with van der Waals surface area (Å²) >= 11 is 7.46. The molecule has 2 unspecified atom stereocenters. The van der Waals surface area contributed by atoms with Crippen molar-refractivity contribution in [3.8, 4) is 0 Å². The number of halogens is 1. The topological polar surface area (TPSA) is 109 Å². The van der Waals surface area contributed by atoms with Gasteiger partial charge in [-0.25, -0.2) is 14.0 Å². The Kier molecular flexibility index (Phi) is 11.1. The van der Waals surface area contributed by atoms with Crippen molar-refractivity contribution in [3.05, 3.63) is 87.3 Å². The normalized spacial score (nSPS) is 16.4. The van der Waals surface area contributed by atoms with Crippen molar-refractivity contribution >= 4 is 56.9 Å². The van der Waals surface area contributed by atoms with Gasteiger partial charge in [-0.15, -0.1) is 0 Å². The molecule has 2 N–H and O–H groups in total. The molecule has 0 radical (unpaired) electrons. The number of amidine groups is 1. The van der Waals surface area contributed by atoms with Crippen LogP contribution in [-0.4, -0.2) is 45.9 Å². The van der Waals surface area contributed by atoms with Crippen LogP contribution in [0.2, 0.25) is 5.02 Å². The molecule has 38 heavy (non-hydrogen) atoms. The van der Waals surface area contributed by atoms with E-state index in [4.69, 9.17) is 26.7 Å². The highest BCUT2D eigenvalue weighted by Gasteiger charge is 2.28. The first-order valence-corrected chi connectivity index (χ1v) is 14.6. The SMILES string of the molecule is CCCCSC(=NC1C(=N)C=CC(S(=O)c2ccc(C(C)=O)cc2)=C1Cc1ccc(Cl)cc1)NC(=O)OC. The number of nitrogens with one attached hydrogen (secondary N) is 2. The molecule has 7 nitrogen and oxygen atoms in total. The summed E-state index contributed by atoms with van der Waals surface area (Å²) in [5.41, 5.74) is 2.33. The molecule has 0 saturated heterocycles. The summed E-state index contributed by atoms with van der Waals surface area (Å²) in [5.74, 6) is 0.656. The number of rotatable bonds is 9. The molecule has 2 atom stereocenters. The molecule has 0 bridgehead atoms. The first-order chi connectivity index (χ1) is 18.2. The minimum atomic E-state index is -1.60. The third kappa shape index (κ3) is 7.99. The van der Waals surface area contributed by atoms with Crippen molar-refractivity contribution in [2.24, 2.45) is 4.99 Å². The fraction of sp³-hybridized carbons (Fsp3) is 0.286. The summed E-state index contributed by atoms with van der Waals surface area (Å²) in [7, 11) is -0.321. The molecule has 2 aromatic carbocycles. The van der Waals surface area contributed by atoms with Crippen LogP contribution in [-0.2, 0) is 22.0 Å². The predicted octanol–water partition coefficient (Wildman–Crippen LogP) is 6.35. The van der Waals surface area contributed by atoms with Crippen molar-refractivity contribution < 1.29 is 18.5 Å². The summed E-state index contributed by atoms with van der Waals surface area (Å²) < 4.78 is 18.6. The van der Waals surface area contributed by atoms with Gasteiger partial charge in [-0.2, -0.15) is 0 Å². The Hall–Kier alpha value is -3.01. The van der Waals surface area contributed by atoms with Crippen LogP contribution >= 0.6 is 23.4 Å². The van der Waals surface area contributed by atoms with Crippen LogP contribution in [0, 0.1) is 5.41 Å². The number of aliphatic imine (C=N–C) groups is 1. The number of amides is 1. The number of benzene rings is 2. The molecular formula is C28H30ClN3O4S2. The van der Waals surface area contributed by atoms with Crippen LogP contribution in [0.4, 0.5) is 4.79 Å². The van der Waals surface area contributed by atoms with Crippen molar-refractivity contribution in [2.45, 2.75) is 44.0 Å². The van der Waals surface area contributed by atoms with E-state index in [1.165, 1.54) is 25.8 Å². The van der Waals surface area contributed by atoms with Crippen LogP contribution in [0.15, 0.2) is 81.0 Å². The van der Waals surface area contributed by atoms with Gasteiger partial charge in [0, 0.05) is 26.1 Å². The lowest BCUT2D eigenvalue weighted by Crippen LogP contribution is -2.33. The van der Waals surface area contributed by atoms with Gasteiger partial charge < -0.3 is 10.1 Å². The number of methoxy groups -OCH3 is 1. The minimum absolute atomic E-state index is 0.0726. The predicted molar refractivity (Wildman–Crippen MR) is 156 cm³/mol. The summed E-state index contributed by atoms with van der Waals surface area (Å²) in [6.07, 6.45) is 4.90. The number of ketones is 1. The van der Waals surface area contributed by atoms with E-state index in [-0.39, 0.29) is 11.5 Å². The second-order valence-corrected chi connectivity index (χ2v) is 11.5. The number of alkyl carbamates (subject to hydrolysis) is 1. The molecule has 0 aliphatic heterocycles. The van der Waals surface area contributed by atoms with Gasteiger partial charge >= 0.3 is 6.09 Å². The lowest BCUT2D eigenvalue weighted by molar-refractivity contribution is 0.101. The van der Waals surface area contributed by atoms with Gasteiger partial charge in [0.15, 0.2) is 11.0 Å². The maximum atomic E-state index is 13.8. The number of carbonyl (C=O) groups excluding carboxylic acids is 2. The average Bonchev–Trinajstić information content (AvgIpc) is 2.91. The second kappa shape index (κ2) is 14.2. The van der Waals surface area contributed by atoms with Gasteiger partial charge in [0.2, 0.25) is 0 Å². The van der Waals surface area contributed by atoms with E-state index in [2.05, 4.69) is 12.2 Å². The summed E-state index contributed by atoms with van der Waals surface area (Å²) in [6, 6.07) is 13.2. The second-order valence-electron chi connectivity index (χ2n) is 8.49. The maximum Gasteiger partial charge on any atom is 0.412 e. The number of unbranched alkanes of at least 4 members (excludes halogenated alkanes) is 1. The van der Waals surface area contributed by atoms with Gasteiger partial charge in [0.1, 0.15) is 6.04 Å². The Morgan fingerprint density at radius 3 is 2.42 bits per heavy atom. The highest BCUT2D eigenvalue weighted by Crippen LogP contribution is 2.30. The van der Waals surface area contributed by atoms with Crippen LogP contribution in [0.25, 0.3) is 0 Å². The maximum absolute atomic E-state index is 13.8. The van der Waals surface area contributed by atoms with Crippen molar-refractivity contribution in [1.29, 1.82) is 5.41 Å². The Balaban J connectivity index is 2.10. The minimum Gasteiger partial charge on any atom is -0.453 e. The molecule has 2 aromatic rings. The monoisotopic (exact) mass is 571 g/mol. The zero-order valence-electron chi connectivity index (χ0n) is 21.5. The molecule has 1 aliphatic rings. The van der Waals surface area contributed by atoms with E-state index in [1.807, 2.05) is 12.1 Å². The Morgan fingerprint density at radius 2 is 1.82 bits per heavy atom. The van der Waals surface area contributed by atoms with E-state index in [0.717, 1.165) is 24.2 Å². The fourth-order valence-electron chi connectivity index (χ4n) is 3.64. The number of hydrogen-bond acceptors (Lipinski definition) is 7. The molecule has 0 spiro atoms. The van der Waals surface area contributed by atoms with Gasteiger partial charge in [-0.1, -0.05) is 61.0 Å². The highest BCUT2D eigenvalue weighted by atomic mass is 35.5. The Bertz CT molecular complexity index is 1300. The molecule has 0 saturated carbocycles. The average molecular weight is 572 g/mol. The van der Waals surface area contributed by atoms with Gasteiger partial charge in [0.05, 0.1) is 23.6 Å². The van der Waals surface area contributed by atoms with Crippen LogP contribution in [0.1, 0.15) is 42.6 Å². The van der Waals surface area contributed by atoms with Crippen LogP contribution in [0.3, 0.4) is 0 Å². The Morgan fingerprint density at radius 1 is 1.13 bits per heavy atom. The highest BCUT2D eigenvalue weighted by molar-refractivity contribution is 8.13. The molecule has 0 fully saturated rings. The largest absolute Gasteiger partial charge is 0.453 e. The van der Waals surface area contributed by atoms with Crippen molar-refractivity contribution in [1.82, 2.24) is 5.32 Å². The molecule has 1 amide bonds. The lowest BCUT2D eigenvalue weighted by Gasteiger charge is -2.24. The number of ether oxygens (including phenoxy) is 1. The van der Waals surface area contributed by atoms with Crippen LogP contribution in [0.5, 0.6) is 0 Å². The third-order valence-corrected chi connectivity index (χ3v) is 8.44. The van der Waals surface area contributed by atoms with Gasteiger partial charge in [-0.05, 0) is 67.3 Å². The summed E-state index contributed by atoms with van der Waals surface area (Å²) in [4.78, 5) is 29.5. The fourth-order valence-corrected chi connectivity index (χ4v) is 5.97. The van der Waals surface area contributed by atoms with Gasteiger partial charge in [0.25, 0.3) is 0 Å². The first-order valence-electron chi connectivity index (χ1n) is 12.1. The van der Waals surface area contributed by atoms with E-state index in [9.17, 15) is 13.8 Å². The molecule has 10 heteroatoms. The van der Waals surface area contributed by atoms with Crippen LogP contribution < -0.4 is 5.32 Å². The van der Waals surface area contributed by atoms with E-state index >= 15 is 0 Å². The van der Waals surface area contributed by atoms with E-state index in [1.54, 1.807) is 48.6 Å². The van der Waals surface area contributed by atoms with Gasteiger partial charge in [-0.3, -0.25) is 10.1 Å². The van der Waals surface area contributed by atoms with E-state index in [0.29, 0.717) is 37.5 Å². The van der Waals surface area contributed by atoms with Crippen molar-refractivity contribution in [2.75, 3.05) is 12.9 Å². The lowest BCUT2D eigenvalue weighted by atomic mass is 9.92. The number of nitrogens with zero attached hydrogens (tertiary/aromatic N) is 1. The van der Waals surface area contributed by atoms with E-state index < -0.39 is 22.9 Å². The number of carbonyl (C=O) groups is 2. The summed E-state index contributed by atoms with van der Waals surface area (Å²) in [6.45, 7) is 3.56. The standard InChI is InChI=1S/C28H30ClN3O4S2/c1-4-5-16-37-27(32-28(34)36-3)31-26-23(17-19-6-10-21(29)11-7-19)25(15-14-24(26)30)38(35)22-12-8-20(9-13-22)18(2)33/h6-15,26,30H,4-5,16-17H2,1-3H3,(H,31,32,34). The summed E-state index contributed by atoms with van der Waals surface area (Å²) in [5, 5.41) is 12.3. The Labute approximate surface area is 234 Å². The number of allylic oxidation sites excluding steroid dienone is 1. The molecule has 200 valence electrons.